The minimum atomic E-state index is -0.414. The lowest BCUT2D eigenvalue weighted by atomic mass is 9.96. The Balaban J connectivity index is 1.75. The highest BCUT2D eigenvalue weighted by atomic mass is 35.5. The first-order chi connectivity index (χ1) is 9.56. The van der Waals surface area contributed by atoms with E-state index in [9.17, 15) is 9.90 Å². The van der Waals surface area contributed by atoms with Crippen LogP contribution in [0.15, 0.2) is 24.3 Å². The monoisotopic (exact) mass is 296 g/mol. The molecule has 110 valence electrons. The summed E-state index contributed by atoms with van der Waals surface area (Å²) in [5.41, 5.74) is 1.10. The van der Waals surface area contributed by atoms with Crippen LogP contribution in [0.1, 0.15) is 18.9 Å². The van der Waals surface area contributed by atoms with Crippen molar-refractivity contribution in [2.45, 2.75) is 25.9 Å². The van der Waals surface area contributed by atoms with E-state index in [0.29, 0.717) is 24.7 Å². The maximum Gasteiger partial charge on any atom is 0.317 e. The van der Waals surface area contributed by atoms with Crippen LogP contribution in [0.2, 0.25) is 5.02 Å². The Morgan fingerprint density at radius 1 is 1.55 bits per heavy atom. The molecule has 0 spiro atoms. The van der Waals surface area contributed by atoms with Crippen molar-refractivity contribution in [3.63, 3.8) is 0 Å². The Bertz CT molecular complexity index is 467. The summed E-state index contributed by atoms with van der Waals surface area (Å²) >= 11 is 5.91. The maximum absolute atomic E-state index is 12.0. The van der Waals surface area contributed by atoms with E-state index in [-0.39, 0.29) is 11.9 Å². The van der Waals surface area contributed by atoms with Crippen LogP contribution in [0, 0.1) is 5.92 Å². The number of carbonyl (C=O) groups excluding carboxylic acids is 1. The molecule has 1 aromatic rings. The zero-order valence-corrected chi connectivity index (χ0v) is 12.4. The fraction of sp³-hybridized carbons (Fsp3) is 0.533. The Kier molecular flexibility index (Phi) is 5.26. The van der Waals surface area contributed by atoms with Gasteiger partial charge in [0.25, 0.3) is 0 Å². The number of halogens is 1. The molecule has 1 fully saturated rings. The van der Waals surface area contributed by atoms with Crippen LogP contribution in [-0.4, -0.2) is 41.8 Å². The molecular weight excluding hydrogens is 276 g/mol. The van der Waals surface area contributed by atoms with E-state index in [1.807, 2.05) is 31.2 Å². The van der Waals surface area contributed by atoms with Gasteiger partial charge in [0, 0.05) is 24.7 Å². The van der Waals surface area contributed by atoms with Crippen LogP contribution in [0.25, 0.3) is 0 Å². The molecule has 5 heteroatoms. The molecule has 2 amide bonds. The van der Waals surface area contributed by atoms with Gasteiger partial charge in [0.2, 0.25) is 0 Å². The predicted molar refractivity (Wildman–Crippen MR) is 79.9 cm³/mol. The topological polar surface area (TPSA) is 52.6 Å². The van der Waals surface area contributed by atoms with Gasteiger partial charge in [-0.25, -0.2) is 4.79 Å². The van der Waals surface area contributed by atoms with Crippen LogP contribution >= 0.6 is 11.6 Å². The van der Waals surface area contributed by atoms with Gasteiger partial charge in [0.1, 0.15) is 0 Å². The smallest absolute Gasteiger partial charge is 0.317 e. The second kappa shape index (κ2) is 6.95. The van der Waals surface area contributed by atoms with Crippen molar-refractivity contribution >= 4 is 17.6 Å². The quantitative estimate of drug-likeness (QED) is 0.899. The van der Waals surface area contributed by atoms with Crippen LogP contribution in [0.3, 0.4) is 0 Å². The second-order valence-corrected chi connectivity index (χ2v) is 5.83. The fourth-order valence-electron chi connectivity index (χ4n) is 2.35. The maximum atomic E-state index is 12.0. The predicted octanol–water partition coefficient (Wildman–Crippen LogP) is 2.29. The molecule has 2 N–H and O–H groups in total. The van der Waals surface area contributed by atoms with E-state index in [0.717, 1.165) is 18.4 Å². The highest BCUT2D eigenvalue weighted by molar-refractivity contribution is 6.30. The summed E-state index contributed by atoms with van der Waals surface area (Å²) < 4.78 is 0. The molecule has 1 aliphatic heterocycles. The highest BCUT2D eigenvalue weighted by Crippen LogP contribution is 2.16. The lowest BCUT2D eigenvalue weighted by molar-refractivity contribution is 0.0436. The third-order valence-corrected chi connectivity index (χ3v) is 4.02. The summed E-state index contributed by atoms with van der Waals surface area (Å²) in [7, 11) is 0. The van der Waals surface area contributed by atoms with Gasteiger partial charge in [0.15, 0.2) is 0 Å². The van der Waals surface area contributed by atoms with Crippen LogP contribution in [-0.2, 0) is 6.42 Å². The summed E-state index contributed by atoms with van der Waals surface area (Å²) in [6.45, 7) is 3.71. The van der Waals surface area contributed by atoms with E-state index in [1.165, 1.54) is 0 Å². The molecule has 0 bridgehead atoms. The number of piperidine rings is 1. The summed E-state index contributed by atoms with van der Waals surface area (Å²) in [6, 6.07) is 7.53. The number of rotatable bonds is 3. The average Bonchev–Trinajstić information content (AvgIpc) is 2.42. The number of amides is 2. The number of nitrogens with zero attached hydrogens (tertiary/aromatic N) is 1. The molecule has 2 unspecified atom stereocenters. The fourth-order valence-corrected chi connectivity index (χ4v) is 2.56. The SMILES string of the molecule is CC1CCN(C(=O)NCCc2cccc(Cl)c2)CC1O. The van der Waals surface area contributed by atoms with E-state index in [1.54, 1.807) is 4.90 Å². The molecule has 0 saturated carbocycles. The van der Waals surface area contributed by atoms with Crippen molar-refractivity contribution in [2.24, 2.45) is 5.92 Å². The van der Waals surface area contributed by atoms with Gasteiger partial charge >= 0.3 is 6.03 Å². The standard InChI is InChI=1S/C15H21ClN2O2/c1-11-6-8-18(10-14(11)19)15(20)17-7-5-12-3-2-4-13(16)9-12/h2-4,9,11,14,19H,5-8,10H2,1H3,(H,17,20). The van der Waals surface area contributed by atoms with Gasteiger partial charge in [-0.15, -0.1) is 0 Å². The minimum absolute atomic E-state index is 0.0991. The van der Waals surface area contributed by atoms with Crippen LogP contribution < -0.4 is 5.32 Å². The molecular formula is C15H21ClN2O2. The van der Waals surface area contributed by atoms with Gasteiger partial charge < -0.3 is 15.3 Å². The normalized spacial score (nSPS) is 22.6. The van der Waals surface area contributed by atoms with E-state index in [4.69, 9.17) is 11.6 Å². The minimum Gasteiger partial charge on any atom is -0.391 e. The molecule has 1 saturated heterocycles. The molecule has 4 nitrogen and oxygen atoms in total. The number of likely N-dealkylation sites (tertiary alicyclic amines) is 1. The van der Waals surface area contributed by atoms with E-state index >= 15 is 0 Å². The summed E-state index contributed by atoms with van der Waals surface area (Å²) in [6.07, 6.45) is 1.18. The lowest BCUT2D eigenvalue weighted by Crippen LogP contribution is -2.49. The van der Waals surface area contributed by atoms with Crippen LogP contribution in [0.5, 0.6) is 0 Å². The summed E-state index contributed by atoms with van der Waals surface area (Å²) in [4.78, 5) is 13.7. The van der Waals surface area contributed by atoms with Gasteiger partial charge in [-0.05, 0) is 36.5 Å². The number of benzene rings is 1. The number of aliphatic hydroxyl groups is 1. The Labute approximate surface area is 124 Å². The molecule has 2 rings (SSSR count). The first-order valence-electron chi connectivity index (χ1n) is 7.01. The zero-order valence-electron chi connectivity index (χ0n) is 11.7. The largest absolute Gasteiger partial charge is 0.391 e. The van der Waals surface area contributed by atoms with Crippen molar-refractivity contribution in [2.75, 3.05) is 19.6 Å². The first kappa shape index (κ1) is 15.1. The van der Waals surface area contributed by atoms with Gasteiger partial charge in [-0.3, -0.25) is 0 Å². The van der Waals surface area contributed by atoms with Gasteiger partial charge in [0.05, 0.1) is 6.10 Å². The molecule has 1 aromatic carbocycles. The van der Waals surface area contributed by atoms with E-state index in [2.05, 4.69) is 5.32 Å². The number of hydrogen-bond donors (Lipinski definition) is 2. The molecule has 0 aliphatic carbocycles. The molecule has 2 atom stereocenters. The number of aliphatic hydroxyl groups excluding tert-OH is 1. The highest BCUT2D eigenvalue weighted by Gasteiger charge is 2.26. The Morgan fingerprint density at radius 3 is 3.05 bits per heavy atom. The van der Waals surface area contributed by atoms with Crippen LogP contribution in [0.4, 0.5) is 4.79 Å². The van der Waals surface area contributed by atoms with E-state index < -0.39 is 6.10 Å². The van der Waals surface area contributed by atoms with Gasteiger partial charge in [-0.2, -0.15) is 0 Å². The van der Waals surface area contributed by atoms with Gasteiger partial charge in [-0.1, -0.05) is 30.7 Å². The summed E-state index contributed by atoms with van der Waals surface area (Å²) in [5.74, 6) is 0.269. The van der Waals surface area contributed by atoms with Crippen molar-refractivity contribution < 1.29 is 9.90 Å². The zero-order chi connectivity index (χ0) is 14.5. The second-order valence-electron chi connectivity index (χ2n) is 5.39. The molecule has 0 radical (unpaired) electrons. The molecule has 1 aliphatic rings. The van der Waals surface area contributed by atoms with Crippen molar-refractivity contribution in [3.8, 4) is 0 Å². The lowest BCUT2D eigenvalue weighted by Gasteiger charge is -2.34. The molecule has 20 heavy (non-hydrogen) atoms. The third-order valence-electron chi connectivity index (χ3n) is 3.78. The number of hydrogen-bond acceptors (Lipinski definition) is 2. The Hall–Kier alpha value is -1.26. The Morgan fingerprint density at radius 2 is 2.35 bits per heavy atom. The summed E-state index contributed by atoms with van der Waals surface area (Å²) in [5, 5.41) is 13.4. The van der Waals surface area contributed by atoms with Crippen molar-refractivity contribution in [3.05, 3.63) is 34.9 Å². The molecule has 1 heterocycles. The number of nitrogens with one attached hydrogen (secondary N) is 1. The van der Waals surface area contributed by atoms with Crippen molar-refractivity contribution in [1.82, 2.24) is 10.2 Å². The first-order valence-corrected chi connectivity index (χ1v) is 7.39. The number of urea groups is 1. The number of carbonyl (C=O) groups is 1. The molecule has 0 aromatic heterocycles. The van der Waals surface area contributed by atoms with Crippen molar-refractivity contribution in [1.29, 1.82) is 0 Å². The average molecular weight is 297 g/mol. The third kappa shape index (κ3) is 4.12. The number of β-amino-alcohol motifs (C(OH)–C–C–N with tert-alkyl or cyclic N) is 1.